The van der Waals surface area contributed by atoms with E-state index in [0.717, 1.165) is 30.9 Å². The van der Waals surface area contributed by atoms with Gasteiger partial charge in [-0.15, -0.1) is 11.3 Å². The third-order valence-corrected chi connectivity index (χ3v) is 4.17. The van der Waals surface area contributed by atoms with Gasteiger partial charge in [-0.2, -0.15) is 0 Å². The molecule has 1 aromatic rings. The predicted molar refractivity (Wildman–Crippen MR) is 68.9 cm³/mol. The molecule has 0 aliphatic carbocycles. The van der Waals surface area contributed by atoms with E-state index in [1.165, 1.54) is 0 Å². The van der Waals surface area contributed by atoms with Gasteiger partial charge in [0.15, 0.2) is 0 Å². The number of nitrogens with zero attached hydrogens (tertiary/aromatic N) is 1. The van der Waals surface area contributed by atoms with E-state index in [-0.39, 0.29) is 17.4 Å². The zero-order valence-electron chi connectivity index (χ0n) is 10.3. The first-order valence-electron chi connectivity index (χ1n) is 6.02. The first-order valence-corrected chi connectivity index (χ1v) is 6.90. The van der Waals surface area contributed by atoms with E-state index in [2.05, 4.69) is 15.6 Å². The summed E-state index contributed by atoms with van der Waals surface area (Å²) in [6.45, 7) is 5.82. The van der Waals surface area contributed by atoms with Gasteiger partial charge in [0.05, 0.1) is 11.5 Å². The summed E-state index contributed by atoms with van der Waals surface area (Å²) >= 11 is 1.58. The second-order valence-electron chi connectivity index (χ2n) is 4.99. The van der Waals surface area contributed by atoms with Gasteiger partial charge in [0.1, 0.15) is 5.01 Å². The van der Waals surface area contributed by atoms with Crippen LogP contribution in [0.2, 0.25) is 0 Å². The van der Waals surface area contributed by atoms with E-state index in [0.29, 0.717) is 0 Å². The van der Waals surface area contributed by atoms with Crippen LogP contribution in [0, 0.1) is 5.92 Å². The summed E-state index contributed by atoms with van der Waals surface area (Å²) in [5, 5.41) is 9.25. The zero-order valence-corrected chi connectivity index (χ0v) is 11.1. The molecule has 1 amide bonds. The molecule has 0 radical (unpaired) electrons. The van der Waals surface area contributed by atoms with E-state index in [9.17, 15) is 4.79 Å². The summed E-state index contributed by atoms with van der Waals surface area (Å²) in [5.74, 6) is 0.236. The Labute approximate surface area is 106 Å². The van der Waals surface area contributed by atoms with Gasteiger partial charge in [0.25, 0.3) is 0 Å². The van der Waals surface area contributed by atoms with Crippen LogP contribution >= 0.6 is 11.3 Å². The van der Waals surface area contributed by atoms with Crippen molar-refractivity contribution in [1.29, 1.82) is 0 Å². The van der Waals surface area contributed by atoms with Crippen molar-refractivity contribution < 1.29 is 4.79 Å². The standard InChI is InChI=1S/C12H19N3OS/c1-12(2,11-14-6-7-17-11)15-10(16)9-4-3-5-13-8-9/h6-7,9,13H,3-5,8H2,1-2H3,(H,15,16). The Balaban J connectivity index is 1.97. The van der Waals surface area contributed by atoms with Gasteiger partial charge in [0, 0.05) is 18.1 Å². The number of aromatic nitrogens is 1. The molecule has 2 rings (SSSR count). The van der Waals surface area contributed by atoms with Crippen molar-refractivity contribution in [3.05, 3.63) is 16.6 Å². The van der Waals surface area contributed by atoms with Crippen molar-refractivity contribution in [1.82, 2.24) is 15.6 Å². The molecule has 0 saturated carbocycles. The summed E-state index contributed by atoms with van der Waals surface area (Å²) in [5.41, 5.74) is -0.372. The highest BCUT2D eigenvalue weighted by atomic mass is 32.1. The molecule has 1 atom stereocenters. The van der Waals surface area contributed by atoms with Crippen LogP contribution in [-0.4, -0.2) is 24.0 Å². The van der Waals surface area contributed by atoms with Crippen LogP contribution in [-0.2, 0) is 10.3 Å². The van der Waals surface area contributed by atoms with Crippen LogP contribution in [0.15, 0.2) is 11.6 Å². The minimum absolute atomic E-state index is 0.1000. The molecule has 0 bridgehead atoms. The molecule has 0 spiro atoms. The van der Waals surface area contributed by atoms with E-state index >= 15 is 0 Å². The second kappa shape index (κ2) is 5.14. The Morgan fingerprint density at radius 3 is 3.06 bits per heavy atom. The average Bonchev–Trinajstić information content (AvgIpc) is 2.84. The molecule has 5 heteroatoms. The number of carbonyl (C=O) groups is 1. The molecule has 2 N–H and O–H groups in total. The fourth-order valence-corrected chi connectivity index (χ4v) is 2.79. The Kier molecular flexibility index (Phi) is 3.79. The molecule has 1 aromatic heterocycles. The van der Waals surface area contributed by atoms with Gasteiger partial charge in [-0.1, -0.05) is 0 Å². The van der Waals surface area contributed by atoms with Crippen molar-refractivity contribution in [2.45, 2.75) is 32.2 Å². The van der Waals surface area contributed by atoms with Crippen molar-refractivity contribution >= 4 is 17.2 Å². The Morgan fingerprint density at radius 2 is 2.47 bits per heavy atom. The Bertz CT molecular complexity index is 369. The lowest BCUT2D eigenvalue weighted by Crippen LogP contribution is -2.47. The fourth-order valence-electron chi connectivity index (χ4n) is 2.07. The highest BCUT2D eigenvalue weighted by Crippen LogP contribution is 2.23. The van der Waals surface area contributed by atoms with Gasteiger partial charge < -0.3 is 10.6 Å². The zero-order chi connectivity index (χ0) is 12.3. The minimum atomic E-state index is -0.372. The van der Waals surface area contributed by atoms with Gasteiger partial charge in [-0.3, -0.25) is 4.79 Å². The van der Waals surface area contributed by atoms with Gasteiger partial charge in [0.2, 0.25) is 5.91 Å². The molecule has 17 heavy (non-hydrogen) atoms. The average molecular weight is 253 g/mol. The van der Waals surface area contributed by atoms with Crippen molar-refractivity contribution in [3.63, 3.8) is 0 Å². The molecule has 4 nitrogen and oxygen atoms in total. The van der Waals surface area contributed by atoms with Crippen LogP contribution in [0.3, 0.4) is 0 Å². The van der Waals surface area contributed by atoms with E-state index in [1.54, 1.807) is 17.5 Å². The first-order chi connectivity index (χ1) is 8.09. The molecular weight excluding hydrogens is 234 g/mol. The predicted octanol–water partition coefficient (Wildman–Crippen LogP) is 1.49. The van der Waals surface area contributed by atoms with Crippen molar-refractivity contribution in [2.75, 3.05) is 13.1 Å². The van der Waals surface area contributed by atoms with Crippen LogP contribution in [0.5, 0.6) is 0 Å². The number of nitrogens with one attached hydrogen (secondary N) is 2. The van der Waals surface area contributed by atoms with Crippen molar-refractivity contribution in [2.24, 2.45) is 5.92 Å². The molecule has 1 fully saturated rings. The van der Waals surface area contributed by atoms with E-state index in [1.807, 2.05) is 19.2 Å². The topological polar surface area (TPSA) is 54.0 Å². The summed E-state index contributed by atoms with van der Waals surface area (Å²) < 4.78 is 0. The third-order valence-electron chi connectivity index (χ3n) is 3.07. The maximum atomic E-state index is 12.1. The quantitative estimate of drug-likeness (QED) is 0.858. The summed E-state index contributed by atoms with van der Waals surface area (Å²) in [7, 11) is 0. The summed E-state index contributed by atoms with van der Waals surface area (Å²) in [4.78, 5) is 16.4. The van der Waals surface area contributed by atoms with Crippen LogP contribution in [0.1, 0.15) is 31.7 Å². The SMILES string of the molecule is CC(C)(NC(=O)C1CCCNC1)c1nccs1. The van der Waals surface area contributed by atoms with E-state index in [4.69, 9.17) is 0 Å². The highest BCUT2D eigenvalue weighted by molar-refractivity contribution is 7.09. The van der Waals surface area contributed by atoms with Gasteiger partial charge >= 0.3 is 0 Å². The van der Waals surface area contributed by atoms with E-state index < -0.39 is 0 Å². The maximum absolute atomic E-state index is 12.1. The number of piperidine rings is 1. The Morgan fingerprint density at radius 1 is 1.65 bits per heavy atom. The number of amides is 1. The van der Waals surface area contributed by atoms with Gasteiger partial charge in [-0.05, 0) is 33.2 Å². The lowest BCUT2D eigenvalue weighted by molar-refractivity contribution is -0.127. The van der Waals surface area contributed by atoms with Crippen LogP contribution in [0.4, 0.5) is 0 Å². The third kappa shape index (κ3) is 3.04. The molecular formula is C12H19N3OS. The van der Waals surface area contributed by atoms with Gasteiger partial charge in [-0.25, -0.2) is 4.98 Å². The molecule has 1 saturated heterocycles. The van der Waals surface area contributed by atoms with Crippen molar-refractivity contribution in [3.8, 4) is 0 Å². The maximum Gasteiger partial charge on any atom is 0.225 e. The molecule has 1 aliphatic heterocycles. The number of rotatable bonds is 3. The molecule has 94 valence electrons. The fraction of sp³-hybridized carbons (Fsp3) is 0.667. The smallest absolute Gasteiger partial charge is 0.225 e. The lowest BCUT2D eigenvalue weighted by atomic mass is 9.97. The normalized spacial score (nSPS) is 21.2. The lowest BCUT2D eigenvalue weighted by Gasteiger charge is -2.28. The highest BCUT2D eigenvalue weighted by Gasteiger charge is 2.29. The molecule has 1 unspecified atom stereocenters. The first kappa shape index (κ1) is 12.5. The summed E-state index contributed by atoms with van der Waals surface area (Å²) in [6, 6.07) is 0. The molecule has 0 aromatic carbocycles. The minimum Gasteiger partial charge on any atom is -0.344 e. The number of hydrogen-bond donors (Lipinski definition) is 2. The van der Waals surface area contributed by atoms with Crippen LogP contribution < -0.4 is 10.6 Å². The summed E-state index contributed by atoms with van der Waals surface area (Å²) in [6.07, 6.45) is 3.83. The molecule has 2 heterocycles. The Hall–Kier alpha value is -0.940. The molecule has 1 aliphatic rings. The largest absolute Gasteiger partial charge is 0.344 e. The number of carbonyl (C=O) groups excluding carboxylic acids is 1. The number of thiazole rings is 1. The monoisotopic (exact) mass is 253 g/mol. The van der Waals surface area contributed by atoms with Crippen LogP contribution in [0.25, 0.3) is 0 Å². The number of hydrogen-bond acceptors (Lipinski definition) is 4. The second-order valence-corrected chi connectivity index (χ2v) is 5.89.